The van der Waals surface area contributed by atoms with Gasteiger partial charge in [-0.3, -0.25) is 14.2 Å². The first kappa shape index (κ1) is 15.7. The summed E-state index contributed by atoms with van der Waals surface area (Å²) in [5.74, 6) is -1.14. The summed E-state index contributed by atoms with van der Waals surface area (Å²) in [6, 6.07) is 14.9. The van der Waals surface area contributed by atoms with Crippen LogP contribution in [0.25, 0.3) is 10.9 Å². The third kappa shape index (κ3) is 2.60. The number of rotatable bonds is 2. The van der Waals surface area contributed by atoms with Gasteiger partial charge in [-0.15, -0.1) is 0 Å². The Labute approximate surface area is 138 Å². The smallest absolute Gasteiger partial charge is 0.355 e. The normalized spacial score (nSPS) is 10.6. The molecular weight excluding hydrogens is 306 g/mol. The average Bonchev–Trinajstić information content (AvgIpc) is 2.61. The fourth-order valence-electron chi connectivity index (χ4n) is 2.62. The summed E-state index contributed by atoms with van der Waals surface area (Å²) < 4.78 is 5.97. The third-order valence-electron chi connectivity index (χ3n) is 3.79. The van der Waals surface area contributed by atoms with E-state index in [0.29, 0.717) is 16.5 Å². The van der Waals surface area contributed by atoms with Crippen LogP contribution in [0.5, 0.6) is 0 Å². The molecular formula is C19H15NO4. The summed E-state index contributed by atoms with van der Waals surface area (Å²) in [7, 11) is 1.21. The Kier molecular flexibility index (Phi) is 4.00. The number of nitrogens with zero attached hydrogens (tertiary/aromatic N) is 1. The number of fused-ring (bicyclic) bond motifs is 1. The molecule has 1 heterocycles. The predicted molar refractivity (Wildman–Crippen MR) is 90.5 cm³/mol. The van der Waals surface area contributed by atoms with Crippen molar-refractivity contribution in [3.05, 3.63) is 81.6 Å². The van der Waals surface area contributed by atoms with E-state index in [0.717, 1.165) is 11.6 Å². The molecule has 24 heavy (non-hydrogen) atoms. The second-order valence-corrected chi connectivity index (χ2v) is 5.41. The largest absolute Gasteiger partial charge is 0.464 e. The topological polar surface area (TPSA) is 65.4 Å². The molecule has 1 aromatic heterocycles. The molecule has 3 aromatic rings. The SMILES string of the molecule is COC(=O)c1cc(=O)c2cc(C)ccc2n1C(=O)c1ccccc1. The van der Waals surface area contributed by atoms with Crippen LogP contribution in [0.2, 0.25) is 0 Å². The van der Waals surface area contributed by atoms with E-state index in [-0.39, 0.29) is 11.1 Å². The highest BCUT2D eigenvalue weighted by atomic mass is 16.5. The first-order valence-corrected chi connectivity index (χ1v) is 7.37. The van der Waals surface area contributed by atoms with Crippen molar-refractivity contribution in [2.75, 3.05) is 7.11 Å². The predicted octanol–water partition coefficient (Wildman–Crippen LogP) is 2.79. The van der Waals surface area contributed by atoms with E-state index < -0.39 is 11.9 Å². The maximum atomic E-state index is 13.0. The number of hydrogen-bond acceptors (Lipinski definition) is 4. The zero-order valence-electron chi connectivity index (χ0n) is 13.3. The number of pyridine rings is 1. The van der Waals surface area contributed by atoms with Crippen molar-refractivity contribution < 1.29 is 14.3 Å². The summed E-state index contributed by atoms with van der Waals surface area (Å²) in [5.41, 5.74) is 1.26. The number of methoxy groups -OCH3 is 1. The summed E-state index contributed by atoms with van der Waals surface area (Å²) in [5, 5.41) is 0.381. The van der Waals surface area contributed by atoms with Crippen LogP contribution in [0, 0.1) is 6.92 Å². The summed E-state index contributed by atoms with van der Waals surface area (Å²) in [6.45, 7) is 1.86. The number of esters is 1. The Bertz CT molecular complexity index is 1000. The molecule has 5 heteroatoms. The van der Waals surface area contributed by atoms with Crippen LogP contribution in [0.3, 0.4) is 0 Å². The van der Waals surface area contributed by atoms with Gasteiger partial charge < -0.3 is 4.74 Å². The van der Waals surface area contributed by atoms with E-state index in [1.807, 2.05) is 6.92 Å². The first-order valence-electron chi connectivity index (χ1n) is 7.37. The molecule has 0 aliphatic heterocycles. The minimum Gasteiger partial charge on any atom is -0.464 e. The minimum atomic E-state index is -0.737. The van der Waals surface area contributed by atoms with E-state index >= 15 is 0 Å². The second kappa shape index (κ2) is 6.12. The van der Waals surface area contributed by atoms with Crippen LogP contribution in [0.15, 0.2) is 59.4 Å². The van der Waals surface area contributed by atoms with Crippen LogP contribution >= 0.6 is 0 Å². The van der Waals surface area contributed by atoms with Gasteiger partial charge in [0.15, 0.2) is 5.43 Å². The van der Waals surface area contributed by atoms with E-state index in [1.54, 1.807) is 48.5 Å². The van der Waals surface area contributed by atoms with Gasteiger partial charge in [0.2, 0.25) is 0 Å². The lowest BCUT2D eigenvalue weighted by Crippen LogP contribution is -2.24. The molecule has 0 bridgehead atoms. The number of aryl methyl sites for hydroxylation is 1. The molecule has 0 aliphatic rings. The van der Waals surface area contributed by atoms with Gasteiger partial charge in [-0.2, -0.15) is 0 Å². The van der Waals surface area contributed by atoms with Crippen molar-refractivity contribution in [1.29, 1.82) is 0 Å². The van der Waals surface area contributed by atoms with Crippen LogP contribution in [0.4, 0.5) is 0 Å². The standard InChI is InChI=1S/C19H15NO4/c1-12-8-9-15-14(10-12)17(21)11-16(19(23)24-2)20(15)18(22)13-6-4-3-5-7-13/h3-11H,1-2H3. The zero-order valence-corrected chi connectivity index (χ0v) is 13.3. The van der Waals surface area contributed by atoms with Crippen LogP contribution < -0.4 is 5.43 Å². The molecule has 0 N–H and O–H groups in total. The van der Waals surface area contributed by atoms with Crippen molar-refractivity contribution in [2.45, 2.75) is 6.92 Å². The fourth-order valence-corrected chi connectivity index (χ4v) is 2.62. The molecule has 0 unspecified atom stereocenters. The molecule has 0 fully saturated rings. The number of carbonyl (C=O) groups is 2. The summed E-state index contributed by atoms with van der Waals surface area (Å²) in [4.78, 5) is 37.4. The van der Waals surface area contributed by atoms with Crippen molar-refractivity contribution in [2.24, 2.45) is 0 Å². The number of hydrogen-bond donors (Lipinski definition) is 0. The van der Waals surface area contributed by atoms with Gasteiger partial charge in [0, 0.05) is 17.0 Å². The van der Waals surface area contributed by atoms with Crippen molar-refractivity contribution >= 4 is 22.8 Å². The zero-order chi connectivity index (χ0) is 17.3. The van der Waals surface area contributed by atoms with Gasteiger partial charge in [0.1, 0.15) is 5.69 Å². The molecule has 0 saturated carbocycles. The van der Waals surface area contributed by atoms with Gasteiger partial charge in [-0.25, -0.2) is 4.79 Å². The summed E-state index contributed by atoms with van der Waals surface area (Å²) in [6.07, 6.45) is 0. The van der Waals surface area contributed by atoms with Gasteiger partial charge >= 0.3 is 5.97 Å². The Morgan fingerprint density at radius 3 is 2.38 bits per heavy atom. The van der Waals surface area contributed by atoms with Crippen LogP contribution in [0.1, 0.15) is 26.4 Å². The third-order valence-corrected chi connectivity index (χ3v) is 3.79. The van der Waals surface area contributed by atoms with E-state index in [2.05, 4.69) is 0 Å². The van der Waals surface area contributed by atoms with Crippen LogP contribution in [-0.2, 0) is 4.74 Å². The lowest BCUT2D eigenvalue weighted by atomic mass is 10.1. The maximum Gasteiger partial charge on any atom is 0.355 e. The quantitative estimate of drug-likeness (QED) is 0.681. The second-order valence-electron chi connectivity index (χ2n) is 5.41. The van der Waals surface area contributed by atoms with Crippen molar-refractivity contribution in [3.8, 4) is 0 Å². The lowest BCUT2D eigenvalue weighted by molar-refractivity contribution is 0.0583. The molecule has 3 rings (SSSR count). The molecule has 5 nitrogen and oxygen atoms in total. The van der Waals surface area contributed by atoms with Gasteiger partial charge in [0.05, 0.1) is 12.6 Å². The van der Waals surface area contributed by atoms with Gasteiger partial charge in [-0.05, 0) is 31.2 Å². The van der Waals surface area contributed by atoms with Gasteiger partial charge in [-0.1, -0.05) is 29.8 Å². The molecule has 0 saturated heterocycles. The Balaban J connectivity index is 2.39. The Hall–Kier alpha value is -3.21. The molecule has 2 aromatic carbocycles. The highest BCUT2D eigenvalue weighted by Crippen LogP contribution is 2.18. The molecule has 120 valence electrons. The van der Waals surface area contributed by atoms with E-state index in [1.165, 1.54) is 11.7 Å². The average molecular weight is 321 g/mol. The summed E-state index contributed by atoms with van der Waals surface area (Å²) >= 11 is 0. The lowest BCUT2D eigenvalue weighted by Gasteiger charge is -2.14. The number of ether oxygens (including phenoxy) is 1. The maximum absolute atomic E-state index is 13.0. The van der Waals surface area contributed by atoms with E-state index in [4.69, 9.17) is 4.74 Å². The molecule has 0 radical (unpaired) electrons. The molecule has 0 atom stereocenters. The Morgan fingerprint density at radius 1 is 1.00 bits per heavy atom. The first-order chi connectivity index (χ1) is 11.5. The highest BCUT2D eigenvalue weighted by Gasteiger charge is 2.21. The van der Waals surface area contributed by atoms with E-state index in [9.17, 15) is 14.4 Å². The fraction of sp³-hybridized carbons (Fsp3) is 0.105. The molecule has 0 spiro atoms. The minimum absolute atomic E-state index is 0.0901. The van der Waals surface area contributed by atoms with Gasteiger partial charge in [0.25, 0.3) is 5.91 Å². The number of aromatic nitrogens is 1. The number of carbonyl (C=O) groups excluding carboxylic acids is 2. The molecule has 0 amide bonds. The Morgan fingerprint density at radius 2 is 1.71 bits per heavy atom. The van der Waals surface area contributed by atoms with Crippen molar-refractivity contribution in [1.82, 2.24) is 4.57 Å². The van der Waals surface area contributed by atoms with Crippen molar-refractivity contribution in [3.63, 3.8) is 0 Å². The number of benzene rings is 2. The monoisotopic (exact) mass is 321 g/mol. The highest BCUT2D eigenvalue weighted by molar-refractivity contribution is 6.06. The molecule has 0 aliphatic carbocycles. The van der Waals surface area contributed by atoms with Crippen LogP contribution in [-0.4, -0.2) is 23.6 Å².